The van der Waals surface area contributed by atoms with Gasteiger partial charge in [-0.05, 0) is 36.8 Å². The van der Waals surface area contributed by atoms with Gasteiger partial charge in [-0.3, -0.25) is 9.69 Å². The Hall–Kier alpha value is -2.27. The zero-order valence-electron chi connectivity index (χ0n) is 13.6. The topological polar surface area (TPSA) is 23.6 Å². The third kappa shape index (κ3) is 3.46. The normalized spacial score (nSPS) is 16.9. The predicted octanol–water partition coefficient (Wildman–Crippen LogP) is 3.48. The molecule has 24 heavy (non-hydrogen) atoms. The Morgan fingerprint density at radius 1 is 0.958 bits per heavy atom. The first-order chi connectivity index (χ1) is 11.6. The molecule has 3 nitrogen and oxygen atoms in total. The lowest BCUT2D eigenvalue weighted by Gasteiger charge is -2.38. The quantitative estimate of drug-likeness (QED) is 0.860. The maximum atomic E-state index is 13.8. The molecule has 0 spiro atoms. The van der Waals surface area contributed by atoms with E-state index >= 15 is 0 Å². The molecule has 1 amide bonds. The summed E-state index contributed by atoms with van der Waals surface area (Å²) in [6.45, 7) is 4.59. The molecular weight excluding hydrogens is 310 g/mol. The minimum Gasteiger partial charge on any atom is -0.336 e. The van der Waals surface area contributed by atoms with Crippen molar-refractivity contribution in [2.75, 3.05) is 26.2 Å². The Morgan fingerprint density at radius 3 is 2.21 bits per heavy atom. The zero-order chi connectivity index (χ0) is 17.1. The molecule has 2 aromatic rings. The Balaban J connectivity index is 1.62. The first-order valence-corrected chi connectivity index (χ1v) is 8.09. The van der Waals surface area contributed by atoms with Crippen LogP contribution in [0.2, 0.25) is 0 Å². The number of nitrogens with zero attached hydrogens (tertiary/aromatic N) is 2. The zero-order valence-corrected chi connectivity index (χ0v) is 13.6. The molecule has 1 saturated heterocycles. The fourth-order valence-electron chi connectivity index (χ4n) is 3.07. The molecular formula is C19H20F2N2O. The molecule has 0 unspecified atom stereocenters. The first kappa shape index (κ1) is 16.6. The lowest BCUT2D eigenvalue weighted by atomic mass is 10.1. The second-order valence-electron chi connectivity index (χ2n) is 6.04. The van der Waals surface area contributed by atoms with E-state index < -0.39 is 5.82 Å². The average Bonchev–Trinajstić information content (AvgIpc) is 2.62. The van der Waals surface area contributed by atoms with E-state index in [1.54, 1.807) is 29.2 Å². The molecule has 1 aliphatic rings. The van der Waals surface area contributed by atoms with Crippen LogP contribution in [0.15, 0.2) is 48.5 Å². The molecule has 0 bridgehead atoms. The number of hydrogen-bond donors (Lipinski definition) is 0. The Labute approximate surface area is 140 Å². The molecule has 1 heterocycles. The summed E-state index contributed by atoms with van der Waals surface area (Å²) in [5, 5.41) is 0. The van der Waals surface area contributed by atoms with Crippen molar-refractivity contribution >= 4 is 5.91 Å². The highest BCUT2D eigenvalue weighted by Gasteiger charge is 2.26. The van der Waals surface area contributed by atoms with E-state index in [0.717, 1.165) is 5.56 Å². The standard InChI is InChI=1S/C19H20F2N2O/c1-14(15-6-8-16(20)9-7-15)22-10-12-23(13-11-22)19(24)17-4-2-3-5-18(17)21/h2-9,14H,10-13H2,1H3/t14-/m0/s1. The molecule has 126 valence electrons. The van der Waals surface area contributed by atoms with Crippen LogP contribution < -0.4 is 0 Å². The molecule has 5 heteroatoms. The Morgan fingerprint density at radius 2 is 1.58 bits per heavy atom. The average molecular weight is 330 g/mol. The fraction of sp³-hybridized carbons (Fsp3) is 0.316. The number of carbonyl (C=O) groups is 1. The molecule has 0 aromatic heterocycles. The largest absolute Gasteiger partial charge is 0.336 e. The summed E-state index contributed by atoms with van der Waals surface area (Å²) in [7, 11) is 0. The molecule has 1 atom stereocenters. The smallest absolute Gasteiger partial charge is 0.256 e. The minimum absolute atomic E-state index is 0.123. The molecule has 3 rings (SSSR count). The maximum absolute atomic E-state index is 13.8. The summed E-state index contributed by atoms with van der Waals surface area (Å²) in [6.07, 6.45) is 0. The lowest BCUT2D eigenvalue weighted by molar-refractivity contribution is 0.0577. The summed E-state index contributed by atoms with van der Waals surface area (Å²) in [5.74, 6) is -0.988. The van der Waals surface area contributed by atoms with E-state index in [1.807, 2.05) is 0 Å². The summed E-state index contributed by atoms with van der Waals surface area (Å²) >= 11 is 0. The molecule has 0 saturated carbocycles. The van der Waals surface area contributed by atoms with Crippen molar-refractivity contribution in [3.63, 3.8) is 0 Å². The van der Waals surface area contributed by atoms with E-state index in [9.17, 15) is 13.6 Å². The van der Waals surface area contributed by atoms with Crippen LogP contribution in [0, 0.1) is 11.6 Å². The van der Waals surface area contributed by atoms with E-state index in [4.69, 9.17) is 0 Å². The van der Waals surface area contributed by atoms with E-state index in [-0.39, 0.29) is 23.3 Å². The lowest BCUT2D eigenvalue weighted by Crippen LogP contribution is -2.49. The van der Waals surface area contributed by atoms with Crippen LogP contribution in [-0.4, -0.2) is 41.9 Å². The van der Waals surface area contributed by atoms with Crippen molar-refractivity contribution in [2.24, 2.45) is 0 Å². The highest BCUT2D eigenvalue weighted by molar-refractivity contribution is 5.94. The highest BCUT2D eigenvalue weighted by atomic mass is 19.1. The summed E-state index contributed by atoms with van der Waals surface area (Å²) in [4.78, 5) is 16.4. The summed E-state index contributed by atoms with van der Waals surface area (Å²) in [6, 6.07) is 12.7. The van der Waals surface area contributed by atoms with Crippen LogP contribution in [0.4, 0.5) is 8.78 Å². The number of benzene rings is 2. The number of hydrogen-bond acceptors (Lipinski definition) is 2. The van der Waals surface area contributed by atoms with Gasteiger partial charge in [0, 0.05) is 32.2 Å². The van der Waals surface area contributed by atoms with Crippen LogP contribution >= 0.6 is 0 Å². The fourth-order valence-corrected chi connectivity index (χ4v) is 3.07. The van der Waals surface area contributed by atoms with Gasteiger partial charge in [0.25, 0.3) is 5.91 Å². The summed E-state index contributed by atoms with van der Waals surface area (Å²) in [5.41, 5.74) is 1.17. The van der Waals surface area contributed by atoms with E-state index in [0.29, 0.717) is 26.2 Å². The highest BCUT2D eigenvalue weighted by Crippen LogP contribution is 2.22. The van der Waals surface area contributed by atoms with E-state index in [2.05, 4.69) is 11.8 Å². The number of carbonyl (C=O) groups excluding carboxylic acids is 1. The van der Waals surface area contributed by atoms with Crippen LogP contribution in [0.5, 0.6) is 0 Å². The van der Waals surface area contributed by atoms with Crippen molar-refractivity contribution in [2.45, 2.75) is 13.0 Å². The summed E-state index contributed by atoms with van der Waals surface area (Å²) < 4.78 is 26.8. The Kier molecular flexibility index (Phi) is 4.90. The van der Waals surface area contributed by atoms with Gasteiger partial charge in [0.2, 0.25) is 0 Å². The predicted molar refractivity (Wildman–Crippen MR) is 88.7 cm³/mol. The number of amides is 1. The van der Waals surface area contributed by atoms with Gasteiger partial charge >= 0.3 is 0 Å². The van der Waals surface area contributed by atoms with Gasteiger partial charge in [-0.15, -0.1) is 0 Å². The number of halogens is 2. The molecule has 0 aliphatic carbocycles. The van der Waals surface area contributed by atoms with Crippen LogP contribution in [0.3, 0.4) is 0 Å². The van der Waals surface area contributed by atoms with Crippen molar-refractivity contribution < 1.29 is 13.6 Å². The van der Waals surface area contributed by atoms with Crippen LogP contribution in [0.25, 0.3) is 0 Å². The number of piperazine rings is 1. The molecule has 2 aromatic carbocycles. The molecule has 1 aliphatic heterocycles. The monoisotopic (exact) mass is 330 g/mol. The van der Waals surface area contributed by atoms with Crippen molar-refractivity contribution in [3.05, 3.63) is 71.3 Å². The van der Waals surface area contributed by atoms with Gasteiger partial charge in [0.1, 0.15) is 11.6 Å². The van der Waals surface area contributed by atoms with Gasteiger partial charge in [0.15, 0.2) is 0 Å². The van der Waals surface area contributed by atoms with E-state index in [1.165, 1.54) is 24.3 Å². The van der Waals surface area contributed by atoms with Crippen LogP contribution in [0.1, 0.15) is 28.9 Å². The van der Waals surface area contributed by atoms with Crippen molar-refractivity contribution in [3.8, 4) is 0 Å². The Bertz CT molecular complexity index is 710. The van der Waals surface area contributed by atoms with Gasteiger partial charge in [0.05, 0.1) is 5.56 Å². The van der Waals surface area contributed by atoms with Crippen molar-refractivity contribution in [1.29, 1.82) is 0 Å². The maximum Gasteiger partial charge on any atom is 0.256 e. The SMILES string of the molecule is C[C@@H](c1ccc(F)cc1)N1CCN(C(=O)c2ccccc2F)CC1. The number of rotatable bonds is 3. The molecule has 0 N–H and O–H groups in total. The third-order valence-electron chi connectivity index (χ3n) is 4.61. The second-order valence-corrected chi connectivity index (χ2v) is 6.04. The van der Waals surface area contributed by atoms with Gasteiger partial charge in [-0.1, -0.05) is 24.3 Å². The van der Waals surface area contributed by atoms with Crippen LogP contribution in [-0.2, 0) is 0 Å². The minimum atomic E-state index is -0.482. The van der Waals surface area contributed by atoms with Gasteiger partial charge in [-0.25, -0.2) is 8.78 Å². The third-order valence-corrected chi connectivity index (χ3v) is 4.61. The molecule has 0 radical (unpaired) electrons. The second kappa shape index (κ2) is 7.09. The van der Waals surface area contributed by atoms with Gasteiger partial charge in [-0.2, -0.15) is 0 Å². The molecule has 1 fully saturated rings. The van der Waals surface area contributed by atoms with Gasteiger partial charge < -0.3 is 4.90 Å². The first-order valence-electron chi connectivity index (χ1n) is 8.09. The van der Waals surface area contributed by atoms with Crippen molar-refractivity contribution in [1.82, 2.24) is 9.80 Å².